The number of rotatable bonds is 9. The van der Waals surface area contributed by atoms with E-state index in [1.807, 2.05) is 24.3 Å². The van der Waals surface area contributed by atoms with E-state index in [4.69, 9.17) is 14.2 Å². The van der Waals surface area contributed by atoms with Crippen molar-refractivity contribution in [3.63, 3.8) is 0 Å². The summed E-state index contributed by atoms with van der Waals surface area (Å²) in [6, 6.07) is 11.0. The molecule has 10 heteroatoms. The molecule has 0 saturated heterocycles. The summed E-state index contributed by atoms with van der Waals surface area (Å²) in [5, 5.41) is 3.05. The number of benzene rings is 2. The predicted molar refractivity (Wildman–Crippen MR) is 125 cm³/mol. The van der Waals surface area contributed by atoms with Crippen molar-refractivity contribution in [2.75, 3.05) is 25.6 Å². The summed E-state index contributed by atoms with van der Waals surface area (Å²) in [6.45, 7) is 1.90. The van der Waals surface area contributed by atoms with Gasteiger partial charge in [-0.15, -0.1) is 11.3 Å². The highest BCUT2D eigenvalue weighted by atomic mass is 79.9. The van der Waals surface area contributed by atoms with E-state index in [0.717, 1.165) is 34.6 Å². The SMILES string of the molecule is CCOC(=O)COc1c(C(=O)OC)sc(-c2cccc(CNc3ccc(F)c(F)c3)c2)c1Br. The van der Waals surface area contributed by atoms with Gasteiger partial charge in [0.05, 0.1) is 23.1 Å². The molecule has 0 atom stereocenters. The number of thiophene rings is 1. The maximum Gasteiger partial charge on any atom is 0.351 e. The van der Waals surface area contributed by atoms with Crippen molar-refractivity contribution < 1.29 is 32.6 Å². The average molecular weight is 540 g/mol. The van der Waals surface area contributed by atoms with Crippen LogP contribution in [0.3, 0.4) is 0 Å². The van der Waals surface area contributed by atoms with Gasteiger partial charge in [-0.3, -0.25) is 0 Å². The number of hydrogen-bond acceptors (Lipinski definition) is 7. The maximum absolute atomic E-state index is 13.4. The molecular weight excluding hydrogens is 520 g/mol. The summed E-state index contributed by atoms with van der Waals surface area (Å²) < 4.78 is 42.3. The third-order valence-corrected chi connectivity index (χ3v) is 6.64. The summed E-state index contributed by atoms with van der Waals surface area (Å²) >= 11 is 4.63. The van der Waals surface area contributed by atoms with Crippen molar-refractivity contribution in [3.05, 3.63) is 69.0 Å². The fourth-order valence-electron chi connectivity index (χ4n) is 2.90. The Kier molecular flexibility index (Phi) is 8.40. The Morgan fingerprint density at radius 1 is 1.12 bits per heavy atom. The zero-order valence-electron chi connectivity index (χ0n) is 17.7. The predicted octanol–water partition coefficient (Wildman–Crippen LogP) is 5.80. The molecule has 1 heterocycles. The van der Waals surface area contributed by atoms with Gasteiger partial charge in [-0.1, -0.05) is 18.2 Å². The zero-order chi connectivity index (χ0) is 24.0. The lowest BCUT2D eigenvalue weighted by Crippen LogP contribution is -2.15. The summed E-state index contributed by atoms with van der Waals surface area (Å²) in [6.07, 6.45) is 0. The number of anilines is 1. The quantitative estimate of drug-likeness (QED) is 0.346. The first-order chi connectivity index (χ1) is 15.8. The molecule has 0 saturated carbocycles. The van der Waals surface area contributed by atoms with Crippen LogP contribution in [0, 0.1) is 11.6 Å². The van der Waals surface area contributed by atoms with Crippen LogP contribution in [0.25, 0.3) is 10.4 Å². The number of ether oxygens (including phenoxy) is 3. The van der Waals surface area contributed by atoms with E-state index in [1.54, 1.807) is 6.92 Å². The molecule has 0 unspecified atom stereocenters. The van der Waals surface area contributed by atoms with Crippen molar-refractivity contribution in [1.82, 2.24) is 0 Å². The normalized spacial score (nSPS) is 10.6. The van der Waals surface area contributed by atoms with Gasteiger partial charge in [0, 0.05) is 18.3 Å². The Labute approximate surface area is 201 Å². The van der Waals surface area contributed by atoms with Crippen molar-refractivity contribution in [3.8, 4) is 16.2 Å². The molecule has 0 aliphatic heterocycles. The second-order valence-corrected chi connectivity index (χ2v) is 8.49. The smallest absolute Gasteiger partial charge is 0.351 e. The first-order valence-corrected chi connectivity index (χ1v) is 11.4. The molecule has 174 valence electrons. The molecular formula is C23H20BrF2NO5S. The van der Waals surface area contributed by atoms with E-state index in [0.29, 0.717) is 21.6 Å². The highest BCUT2D eigenvalue weighted by Gasteiger charge is 2.25. The molecule has 0 aliphatic carbocycles. The van der Waals surface area contributed by atoms with Crippen molar-refractivity contribution >= 4 is 44.9 Å². The molecule has 0 aliphatic rings. The van der Waals surface area contributed by atoms with Gasteiger partial charge in [0.25, 0.3) is 0 Å². The minimum Gasteiger partial charge on any atom is -0.479 e. The van der Waals surface area contributed by atoms with Crippen LogP contribution in [0.1, 0.15) is 22.2 Å². The lowest BCUT2D eigenvalue weighted by molar-refractivity contribution is -0.145. The lowest BCUT2D eigenvalue weighted by Gasteiger charge is -2.09. The molecule has 0 radical (unpaired) electrons. The first-order valence-electron chi connectivity index (χ1n) is 9.81. The van der Waals surface area contributed by atoms with Gasteiger partial charge in [0.2, 0.25) is 0 Å². The molecule has 0 spiro atoms. The first kappa shape index (κ1) is 24.7. The maximum atomic E-state index is 13.4. The molecule has 1 N–H and O–H groups in total. The van der Waals surface area contributed by atoms with Gasteiger partial charge in [0.15, 0.2) is 28.9 Å². The number of halogens is 3. The van der Waals surface area contributed by atoms with E-state index in [1.165, 1.54) is 13.2 Å². The number of carbonyl (C=O) groups is 2. The summed E-state index contributed by atoms with van der Waals surface area (Å²) in [5.41, 5.74) is 2.10. The van der Waals surface area contributed by atoms with E-state index in [-0.39, 0.29) is 23.8 Å². The Morgan fingerprint density at radius 2 is 1.91 bits per heavy atom. The number of esters is 2. The van der Waals surface area contributed by atoms with Crippen molar-refractivity contribution in [1.29, 1.82) is 0 Å². The highest BCUT2D eigenvalue weighted by Crippen LogP contribution is 2.46. The number of methoxy groups -OCH3 is 1. The fraction of sp³-hybridized carbons (Fsp3) is 0.217. The van der Waals surface area contributed by atoms with Crippen LogP contribution in [0.15, 0.2) is 46.9 Å². The molecule has 33 heavy (non-hydrogen) atoms. The Hall–Kier alpha value is -2.98. The monoisotopic (exact) mass is 539 g/mol. The summed E-state index contributed by atoms with van der Waals surface area (Å²) in [7, 11) is 1.26. The van der Waals surface area contributed by atoms with Gasteiger partial charge in [-0.2, -0.15) is 0 Å². The second kappa shape index (κ2) is 11.2. The number of hydrogen-bond donors (Lipinski definition) is 1. The van der Waals surface area contributed by atoms with E-state index in [2.05, 4.69) is 21.2 Å². The standard InChI is InChI=1S/C23H20BrF2NO5S/c1-3-31-18(28)12-32-20-19(24)21(33-22(20)23(29)30-2)14-6-4-5-13(9-14)11-27-15-7-8-16(25)17(26)10-15/h4-10,27H,3,11-12H2,1-2H3. The van der Waals surface area contributed by atoms with Crippen molar-refractivity contribution in [2.45, 2.75) is 13.5 Å². The van der Waals surface area contributed by atoms with Crippen LogP contribution in [0.5, 0.6) is 5.75 Å². The zero-order valence-corrected chi connectivity index (χ0v) is 20.1. The summed E-state index contributed by atoms with van der Waals surface area (Å²) in [4.78, 5) is 24.9. The van der Waals surface area contributed by atoms with Crippen LogP contribution >= 0.6 is 27.3 Å². The van der Waals surface area contributed by atoms with Crippen molar-refractivity contribution in [2.24, 2.45) is 0 Å². The highest BCUT2D eigenvalue weighted by molar-refractivity contribution is 9.10. The van der Waals surface area contributed by atoms with Crippen LogP contribution in [-0.2, 0) is 20.8 Å². The van der Waals surface area contributed by atoms with Gasteiger partial charge >= 0.3 is 11.9 Å². The molecule has 0 bridgehead atoms. The topological polar surface area (TPSA) is 73.9 Å². The molecule has 3 rings (SSSR count). The van der Waals surface area contributed by atoms with E-state index < -0.39 is 23.6 Å². The van der Waals surface area contributed by atoms with Crippen LogP contribution in [0.2, 0.25) is 0 Å². The second-order valence-electron chi connectivity index (χ2n) is 6.67. The van der Waals surface area contributed by atoms with Gasteiger partial charge in [-0.05, 0) is 52.2 Å². The van der Waals surface area contributed by atoms with E-state index >= 15 is 0 Å². The molecule has 0 amide bonds. The Bertz CT molecular complexity index is 1170. The average Bonchev–Trinajstić information content (AvgIpc) is 3.14. The van der Waals surface area contributed by atoms with Crippen LogP contribution in [-0.4, -0.2) is 32.3 Å². The minimum absolute atomic E-state index is 0.195. The van der Waals surface area contributed by atoms with Crippen LogP contribution in [0.4, 0.5) is 14.5 Å². The largest absolute Gasteiger partial charge is 0.479 e. The molecule has 0 fully saturated rings. The number of carbonyl (C=O) groups excluding carboxylic acids is 2. The molecule has 3 aromatic rings. The summed E-state index contributed by atoms with van der Waals surface area (Å²) in [5.74, 6) is -2.80. The third-order valence-electron chi connectivity index (χ3n) is 4.42. The lowest BCUT2D eigenvalue weighted by atomic mass is 10.1. The van der Waals surface area contributed by atoms with E-state index in [9.17, 15) is 18.4 Å². The van der Waals surface area contributed by atoms with Gasteiger partial charge in [0.1, 0.15) is 0 Å². The third kappa shape index (κ3) is 6.08. The minimum atomic E-state index is -0.929. The number of nitrogens with one attached hydrogen (secondary N) is 1. The fourth-order valence-corrected chi connectivity index (χ4v) is 4.87. The Morgan fingerprint density at radius 3 is 2.61 bits per heavy atom. The Balaban J connectivity index is 1.85. The van der Waals surface area contributed by atoms with Gasteiger partial charge in [-0.25, -0.2) is 18.4 Å². The molecule has 1 aromatic heterocycles. The molecule has 6 nitrogen and oxygen atoms in total. The molecule has 2 aromatic carbocycles. The van der Waals surface area contributed by atoms with Crippen LogP contribution < -0.4 is 10.1 Å². The van der Waals surface area contributed by atoms with Gasteiger partial charge < -0.3 is 19.5 Å².